The molecule has 6 nitrogen and oxygen atoms in total. The maximum atomic E-state index is 12.2. The van der Waals surface area contributed by atoms with Crippen LogP contribution in [0.5, 0.6) is 5.75 Å². The summed E-state index contributed by atoms with van der Waals surface area (Å²) in [6, 6.07) is 12.0. The highest BCUT2D eigenvalue weighted by atomic mass is 35.5. The minimum Gasteiger partial charge on any atom is -0.482 e. The number of carbonyl (C=O) groups is 2. The van der Waals surface area contributed by atoms with Crippen LogP contribution in [0.3, 0.4) is 0 Å². The molecule has 2 aromatic rings. The van der Waals surface area contributed by atoms with Crippen molar-refractivity contribution >= 4 is 34.8 Å². The average Bonchev–Trinajstić information content (AvgIpc) is 2.64. The van der Waals surface area contributed by atoms with Gasteiger partial charge in [0.05, 0.1) is 11.4 Å². The van der Waals surface area contributed by atoms with Gasteiger partial charge >= 0.3 is 0 Å². The van der Waals surface area contributed by atoms with Crippen LogP contribution in [-0.4, -0.2) is 36.4 Å². The lowest BCUT2D eigenvalue weighted by Crippen LogP contribution is -2.34. The van der Waals surface area contributed by atoms with Gasteiger partial charge in [0.15, 0.2) is 6.61 Å². The molecule has 27 heavy (non-hydrogen) atoms. The highest BCUT2D eigenvalue weighted by molar-refractivity contribution is 6.32. The number of hydrogen-bond donors (Lipinski definition) is 2. The lowest BCUT2D eigenvalue weighted by molar-refractivity contribution is -0.133. The molecule has 0 aliphatic heterocycles. The SMILES string of the molecule is CCN(CC)C(=O)COc1ccc(NC(=O)Cc2ccc(N)cc2)cc1Cl. The highest BCUT2D eigenvalue weighted by Crippen LogP contribution is 2.27. The first kappa shape index (κ1) is 20.6. The fourth-order valence-corrected chi connectivity index (χ4v) is 2.76. The Morgan fingerprint density at radius 1 is 1.11 bits per heavy atom. The maximum Gasteiger partial charge on any atom is 0.260 e. The van der Waals surface area contributed by atoms with Crippen LogP contribution in [0.4, 0.5) is 11.4 Å². The first-order chi connectivity index (χ1) is 12.9. The second kappa shape index (κ2) is 9.83. The molecule has 2 amide bonds. The van der Waals surface area contributed by atoms with Gasteiger partial charge in [-0.3, -0.25) is 9.59 Å². The lowest BCUT2D eigenvalue weighted by atomic mass is 10.1. The van der Waals surface area contributed by atoms with Gasteiger partial charge in [0, 0.05) is 24.5 Å². The molecule has 0 saturated carbocycles. The normalized spacial score (nSPS) is 10.3. The number of nitrogens with two attached hydrogens (primary N) is 1. The predicted octanol–water partition coefficient (Wildman–Crippen LogP) is 3.35. The standard InChI is InChI=1S/C20H24ClN3O3/c1-3-24(4-2)20(26)13-27-18-10-9-16(12-17(18)21)23-19(25)11-14-5-7-15(22)8-6-14/h5-10,12H,3-4,11,13,22H2,1-2H3,(H,23,25). The second-order valence-corrected chi connectivity index (χ2v) is 6.37. The van der Waals surface area contributed by atoms with Crippen molar-refractivity contribution in [1.82, 2.24) is 4.90 Å². The number of benzene rings is 2. The van der Waals surface area contributed by atoms with Crippen molar-refractivity contribution in [3.63, 3.8) is 0 Å². The number of halogens is 1. The van der Waals surface area contributed by atoms with Crippen LogP contribution in [-0.2, 0) is 16.0 Å². The summed E-state index contributed by atoms with van der Waals surface area (Å²) < 4.78 is 5.50. The number of ether oxygens (including phenoxy) is 1. The first-order valence-electron chi connectivity index (χ1n) is 8.77. The van der Waals surface area contributed by atoms with Crippen LogP contribution in [0.2, 0.25) is 5.02 Å². The lowest BCUT2D eigenvalue weighted by Gasteiger charge is -2.19. The molecule has 0 aliphatic carbocycles. The Hall–Kier alpha value is -2.73. The van der Waals surface area contributed by atoms with Crippen LogP contribution in [0.1, 0.15) is 19.4 Å². The van der Waals surface area contributed by atoms with Gasteiger partial charge in [-0.05, 0) is 49.7 Å². The van der Waals surface area contributed by atoms with Gasteiger partial charge in [-0.15, -0.1) is 0 Å². The summed E-state index contributed by atoms with van der Waals surface area (Å²) in [4.78, 5) is 25.8. The van der Waals surface area contributed by atoms with E-state index >= 15 is 0 Å². The Morgan fingerprint density at radius 3 is 2.37 bits per heavy atom. The summed E-state index contributed by atoms with van der Waals surface area (Å²) >= 11 is 6.21. The molecule has 0 aliphatic rings. The quantitative estimate of drug-likeness (QED) is 0.678. The van der Waals surface area contributed by atoms with Crippen LogP contribution in [0, 0.1) is 0 Å². The third-order valence-corrected chi connectivity index (χ3v) is 4.32. The maximum absolute atomic E-state index is 12.2. The van der Waals surface area contributed by atoms with Gasteiger partial charge in [0.1, 0.15) is 5.75 Å². The zero-order valence-corrected chi connectivity index (χ0v) is 16.3. The molecule has 0 bridgehead atoms. The van der Waals surface area contributed by atoms with Crippen molar-refractivity contribution < 1.29 is 14.3 Å². The molecular formula is C20H24ClN3O3. The molecule has 2 rings (SSSR count). The van der Waals surface area contributed by atoms with Crippen LogP contribution < -0.4 is 15.8 Å². The average molecular weight is 390 g/mol. The highest BCUT2D eigenvalue weighted by Gasteiger charge is 2.12. The molecule has 0 atom stereocenters. The Labute approximate surface area is 164 Å². The van der Waals surface area contributed by atoms with E-state index in [2.05, 4.69) is 5.32 Å². The van der Waals surface area contributed by atoms with Gasteiger partial charge in [-0.1, -0.05) is 23.7 Å². The van der Waals surface area contributed by atoms with Crippen LogP contribution in [0.25, 0.3) is 0 Å². The molecule has 2 aromatic carbocycles. The van der Waals surface area contributed by atoms with E-state index < -0.39 is 0 Å². The Bertz CT molecular complexity index is 790. The topological polar surface area (TPSA) is 84.7 Å². The Balaban J connectivity index is 1.92. The fourth-order valence-electron chi connectivity index (χ4n) is 2.53. The van der Waals surface area contributed by atoms with Gasteiger partial charge in [-0.25, -0.2) is 0 Å². The molecule has 0 radical (unpaired) electrons. The molecule has 0 saturated heterocycles. The summed E-state index contributed by atoms with van der Waals surface area (Å²) in [7, 11) is 0. The smallest absolute Gasteiger partial charge is 0.260 e. The number of nitrogens with zero attached hydrogens (tertiary/aromatic N) is 1. The van der Waals surface area contributed by atoms with Crippen LogP contribution in [0.15, 0.2) is 42.5 Å². The number of hydrogen-bond acceptors (Lipinski definition) is 4. The number of likely N-dealkylation sites (N-methyl/N-ethyl adjacent to an activating group) is 1. The number of anilines is 2. The summed E-state index contributed by atoms with van der Waals surface area (Å²) in [5, 5.41) is 3.12. The Morgan fingerprint density at radius 2 is 1.78 bits per heavy atom. The van der Waals surface area contributed by atoms with E-state index in [0.717, 1.165) is 5.56 Å². The Kier molecular flexibility index (Phi) is 7.49. The number of amides is 2. The van der Waals surface area contributed by atoms with Gasteiger partial charge in [0.2, 0.25) is 5.91 Å². The van der Waals surface area contributed by atoms with Crippen molar-refractivity contribution in [3.8, 4) is 5.75 Å². The zero-order valence-electron chi connectivity index (χ0n) is 15.5. The minimum absolute atomic E-state index is 0.0791. The first-order valence-corrected chi connectivity index (χ1v) is 9.15. The number of nitrogens with one attached hydrogen (secondary N) is 1. The molecule has 7 heteroatoms. The van der Waals surface area contributed by atoms with E-state index in [4.69, 9.17) is 22.1 Å². The number of rotatable bonds is 8. The van der Waals surface area contributed by atoms with E-state index in [0.29, 0.717) is 35.2 Å². The summed E-state index contributed by atoms with van der Waals surface area (Å²) in [6.07, 6.45) is 0.231. The predicted molar refractivity (Wildman–Crippen MR) is 108 cm³/mol. The van der Waals surface area contributed by atoms with Gasteiger partial charge in [0.25, 0.3) is 5.91 Å². The number of carbonyl (C=O) groups excluding carboxylic acids is 2. The molecule has 144 valence electrons. The van der Waals surface area contributed by atoms with E-state index in [1.807, 2.05) is 26.0 Å². The minimum atomic E-state index is -0.166. The van der Waals surface area contributed by atoms with E-state index in [-0.39, 0.29) is 24.8 Å². The second-order valence-electron chi connectivity index (χ2n) is 5.97. The molecular weight excluding hydrogens is 366 g/mol. The summed E-state index contributed by atoms with van der Waals surface area (Å²) in [5.41, 5.74) is 7.71. The van der Waals surface area contributed by atoms with Crippen molar-refractivity contribution in [1.29, 1.82) is 0 Å². The van der Waals surface area contributed by atoms with E-state index in [1.54, 1.807) is 35.2 Å². The monoisotopic (exact) mass is 389 g/mol. The third-order valence-electron chi connectivity index (χ3n) is 4.03. The zero-order chi connectivity index (χ0) is 19.8. The molecule has 3 N–H and O–H groups in total. The third kappa shape index (κ3) is 6.18. The van der Waals surface area contributed by atoms with Gasteiger partial charge in [-0.2, -0.15) is 0 Å². The van der Waals surface area contributed by atoms with E-state index in [9.17, 15) is 9.59 Å². The molecule has 0 unspecified atom stereocenters. The molecule has 0 aromatic heterocycles. The van der Waals surface area contributed by atoms with Crippen molar-refractivity contribution in [3.05, 3.63) is 53.1 Å². The summed E-state index contributed by atoms with van der Waals surface area (Å²) in [5.74, 6) is 0.131. The van der Waals surface area contributed by atoms with E-state index in [1.165, 1.54) is 0 Å². The fraction of sp³-hybridized carbons (Fsp3) is 0.300. The van der Waals surface area contributed by atoms with Crippen molar-refractivity contribution in [2.45, 2.75) is 20.3 Å². The van der Waals surface area contributed by atoms with Gasteiger partial charge < -0.3 is 20.7 Å². The van der Waals surface area contributed by atoms with Crippen molar-refractivity contribution in [2.75, 3.05) is 30.7 Å². The van der Waals surface area contributed by atoms with Crippen LogP contribution >= 0.6 is 11.6 Å². The number of nitrogen functional groups attached to an aromatic ring is 1. The molecule has 0 fully saturated rings. The summed E-state index contributed by atoms with van der Waals surface area (Å²) in [6.45, 7) is 5.01. The molecule has 0 heterocycles. The largest absolute Gasteiger partial charge is 0.482 e. The van der Waals surface area contributed by atoms with Crippen molar-refractivity contribution in [2.24, 2.45) is 0 Å². The molecule has 0 spiro atoms.